The van der Waals surface area contributed by atoms with Gasteiger partial charge in [0.2, 0.25) is 5.91 Å². The first-order valence-corrected chi connectivity index (χ1v) is 11.2. The van der Waals surface area contributed by atoms with Gasteiger partial charge in [-0.1, -0.05) is 23.7 Å². The van der Waals surface area contributed by atoms with Gasteiger partial charge in [0.15, 0.2) is 5.82 Å². The lowest BCUT2D eigenvalue weighted by Crippen LogP contribution is -2.27. The first-order chi connectivity index (χ1) is 16.6. The van der Waals surface area contributed by atoms with E-state index in [2.05, 4.69) is 15.5 Å². The summed E-state index contributed by atoms with van der Waals surface area (Å²) in [7, 11) is 1.77. The van der Waals surface area contributed by atoms with E-state index in [9.17, 15) is 4.79 Å². The van der Waals surface area contributed by atoms with E-state index in [1.165, 1.54) is 0 Å². The van der Waals surface area contributed by atoms with E-state index in [4.69, 9.17) is 21.1 Å². The van der Waals surface area contributed by atoms with E-state index in [1.54, 1.807) is 23.9 Å². The number of amides is 1. The summed E-state index contributed by atoms with van der Waals surface area (Å²) in [5, 5.41) is 12.0. The SMILES string of the molecule is Cn1nnnc1COc1cccc([C@H]2CCC(=O)N2c2ccc(Oc3ccc(Cl)cc3)cc2)c1. The van der Waals surface area contributed by atoms with Gasteiger partial charge in [0.05, 0.1) is 6.04 Å². The molecular formula is C25H22ClN5O3. The number of hydrogen-bond acceptors (Lipinski definition) is 6. The van der Waals surface area contributed by atoms with E-state index in [0.717, 1.165) is 17.7 Å². The maximum atomic E-state index is 12.8. The largest absolute Gasteiger partial charge is 0.486 e. The molecule has 34 heavy (non-hydrogen) atoms. The Balaban J connectivity index is 1.31. The van der Waals surface area contributed by atoms with Gasteiger partial charge in [-0.2, -0.15) is 0 Å². The Morgan fingerprint density at radius 2 is 1.74 bits per heavy atom. The van der Waals surface area contributed by atoms with Crippen LogP contribution < -0.4 is 14.4 Å². The van der Waals surface area contributed by atoms with Crippen molar-refractivity contribution in [2.45, 2.75) is 25.5 Å². The van der Waals surface area contributed by atoms with Crippen LogP contribution in [0.25, 0.3) is 0 Å². The number of aryl methyl sites for hydroxylation is 1. The summed E-state index contributed by atoms with van der Waals surface area (Å²) < 4.78 is 13.3. The van der Waals surface area contributed by atoms with E-state index < -0.39 is 0 Å². The summed E-state index contributed by atoms with van der Waals surface area (Å²) in [6.45, 7) is 0.259. The standard InChI is InChI=1S/C25H22ClN5O3/c1-30-24(27-28-29-30)16-33-22-4-2-3-17(15-22)23-13-14-25(32)31(23)19-7-11-21(12-8-19)34-20-9-5-18(26)6-10-20/h2-12,15,23H,13-14,16H2,1H3/t23-/m1/s1. The molecule has 5 rings (SSSR count). The van der Waals surface area contributed by atoms with Gasteiger partial charge >= 0.3 is 0 Å². The molecule has 9 heteroatoms. The minimum Gasteiger partial charge on any atom is -0.486 e. The van der Waals surface area contributed by atoms with Gasteiger partial charge in [-0.25, -0.2) is 4.68 Å². The molecule has 0 radical (unpaired) electrons. The second kappa shape index (κ2) is 9.52. The molecule has 1 saturated heterocycles. The molecule has 3 aromatic carbocycles. The van der Waals surface area contributed by atoms with E-state index >= 15 is 0 Å². The molecular weight excluding hydrogens is 454 g/mol. The van der Waals surface area contributed by atoms with Crippen molar-refractivity contribution < 1.29 is 14.3 Å². The van der Waals surface area contributed by atoms with Gasteiger partial charge < -0.3 is 14.4 Å². The van der Waals surface area contributed by atoms with E-state index in [-0.39, 0.29) is 18.6 Å². The molecule has 4 aromatic rings. The van der Waals surface area contributed by atoms with Crippen LogP contribution in [0.15, 0.2) is 72.8 Å². The highest BCUT2D eigenvalue weighted by Crippen LogP contribution is 2.38. The maximum Gasteiger partial charge on any atom is 0.227 e. The normalized spacial score (nSPS) is 15.5. The average Bonchev–Trinajstić information content (AvgIpc) is 3.45. The summed E-state index contributed by atoms with van der Waals surface area (Å²) in [4.78, 5) is 14.6. The third-order valence-electron chi connectivity index (χ3n) is 5.69. The number of carbonyl (C=O) groups excluding carboxylic acids is 1. The van der Waals surface area contributed by atoms with Crippen molar-refractivity contribution in [2.75, 3.05) is 4.90 Å². The molecule has 0 spiro atoms. The summed E-state index contributed by atoms with van der Waals surface area (Å²) >= 11 is 5.93. The Morgan fingerprint density at radius 1 is 1.00 bits per heavy atom. The van der Waals surface area contributed by atoms with Crippen LogP contribution in [0.5, 0.6) is 17.2 Å². The predicted molar refractivity (Wildman–Crippen MR) is 127 cm³/mol. The number of halogens is 1. The molecule has 8 nitrogen and oxygen atoms in total. The van der Waals surface area contributed by atoms with Gasteiger partial charge in [0, 0.05) is 24.2 Å². The van der Waals surface area contributed by atoms with Crippen molar-refractivity contribution in [3.63, 3.8) is 0 Å². The highest BCUT2D eigenvalue weighted by Gasteiger charge is 2.33. The zero-order chi connectivity index (χ0) is 23.5. The number of nitrogens with zero attached hydrogens (tertiary/aromatic N) is 5. The highest BCUT2D eigenvalue weighted by atomic mass is 35.5. The van der Waals surface area contributed by atoms with Gasteiger partial charge in [0.1, 0.15) is 23.9 Å². The first kappa shape index (κ1) is 21.9. The van der Waals surface area contributed by atoms with Crippen LogP contribution in [0.4, 0.5) is 5.69 Å². The highest BCUT2D eigenvalue weighted by molar-refractivity contribution is 6.30. The Morgan fingerprint density at radius 3 is 2.44 bits per heavy atom. The molecule has 0 saturated carbocycles. The van der Waals surface area contributed by atoms with Crippen LogP contribution >= 0.6 is 11.6 Å². The number of benzene rings is 3. The molecule has 0 N–H and O–H groups in total. The summed E-state index contributed by atoms with van der Waals surface area (Å²) in [5.74, 6) is 2.80. The van der Waals surface area contributed by atoms with Crippen molar-refractivity contribution in [3.05, 3.63) is 89.2 Å². The lowest BCUT2D eigenvalue weighted by Gasteiger charge is -2.26. The number of rotatable bonds is 7. The minimum atomic E-state index is -0.0735. The number of ether oxygens (including phenoxy) is 2. The lowest BCUT2D eigenvalue weighted by atomic mass is 10.0. The number of carbonyl (C=O) groups is 1. The van der Waals surface area contributed by atoms with Crippen LogP contribution in [0.2, 0.25) is 5.02 Å². The van der Waals surface area contributed by atoms with Crippen molar-refractivity contribution in [3.8, 4) is 17.2 Å². The second-order valence-corrected chi connectivity index (χ2v) is 8.38. The van der Waals surface area contributed by atoms with Crippen molar-refractivity contribution in [1.29, 1.82) is 0 Å². The Kier molecular flexibility index (Phi) is 6.14. The number of anilines is 1. The molecule has 1 fully saturated rings. The molecule has 1 aromatic heterocycles. The van der Waals surface area contributed by atoms with Gasteiger partial charge in [-0.3, -0.25) is 4.79 Å². The average molecular weight is 476 g/mol. The molecule has 0 bridgehead atoms. The molecule has 1 atom stereocenters. The molecule has 0 aliphatic carbocycles. The zero-order valence-corrected chi connectivity index (χ0v) is 19.2. The number of hydrogen-bond donors (Lipinski definition) is 0. The molecule has 1 aliphatic heterocycles. The smallest absolute Gasteiger partial charge is 0.227 e. The van der Waals surface area contributed by atoms with Gasteiger partial charge in [0.25, 0.3) is 0 Å². The quantitative estimate of drug-likeness (QED) is 0.369. The Bertz CT molecular complexity index is 1290. The fourth-order valence-electron chi connectivity index (χ4n) is 3.97. The maximum absolute atomic E-state index is 12.8. The van der Waals surface area contributed by atoms with Crippen LogP contribution in [0, 0.1) is 0 Å². The van der Waals surface area contributed by atoms with Crippen LogP contribution in [-0.4, -0.2) is 26.1 Å². The Hall–Kier alpha value is -3.91. The predicted octanol–water partition coefficient (Wildman–Crippen LogP) is 5.10. The zero-order valence-electron chi connectivity index (χ0n) is 18.5. The van der Waals surface area contributed by atoms with Crippen molar-refractivity contribution in [1.82, 2.24) is 20.2 Å². The first-order valence-electron chi connectivity index (χ1n) is 10.9. The fraction of sp³-hybridized carbons (Fsp3) is 0.200. The van der Waals surface area contributed by atoms with Crippen molar-refractivity contribution in [2.24, 2.45) is 7.05 Å². The van der Waals surface area contributed by atoms with E-state index in [0.29, 0.717) is 34.5 Å². The summed E-state index contributed by atoms with van der Waals surface area (Å²) in [6.07, 6.45) is 1.22. The third kappa shape index (κ3) is 4.72. The molecule has 1 aliphatic rings. The second-order valence-electron chi connectivity index (χ2n) is 7.95. The molecule has 0 unspecified atom stereocenters. The van der Waals surface area contributed by atoms with Crippen LogP contribution in [-0.2, 0) is 18.4 Å². The van der Waals surface area contributed by atoms with E-state index in [1.807, 2.05) is 65.6 Å². The number of tetrazole rings is 1. The van der Waals surface area contributed by atoms with Crippen LogP contribution in [0.3, 0.4) is 0 Å². The lowest BCUT2D eigenvalue weighted by molar-refractivity contribution is -0.117. The molecule has 2 heterocycles. The van der Waals surface area contributed by atoms with Crippen LogP contribution in [0.1, 0.15) is 30.3 Å². The summed E-state index contributed by atoms with van der Waals surface area (Å²) in [6, 6.07) is 22.5. The fourth-order valence-corrected chi connectivity index (χ4v) is 4.09. The third-order valence-corrected chi connectivity index (χ3v) is 5.95. The Labute approximate surface area is 201 Å². The van der Waals surface area contributed by atoms with Crippen molar-refractivity contribution >= 4 is 23.2 Å². The monoisotopic (exact) mass is 475 g/mol. The van der Waals surface area contributed by atoms with Gasteiger partial charge in [-0.05, 0) is 83.1 Å². The summed E-state index contributed by atoms with van der Waals surface area (Å²) in [5.41, 5.74) is 1.84. The van der Waals surface area contributed by atoms with Gasteiger partial charge in [-0.15, -0.1) is 5.10 Å². The number of aromatic nitrogens is 4. The molecule has 1 amide bonds. The topological polar surface area (TPSA) is 82.4 Å². The molecule has 172 valence electrons. The minimum absolute atomic E-state index is 0.0735.